The lowest BCUT2D eigenvalue weighted by Gasteiger charge is -2.28. The minimum atomic E-state index is -0.0918. The highest BCUT2D eigenvalue weighted by Crippen LogP contribution is 2.67. The van der Waals surface area contributed by atoms with Gasteiger partial charge < -0.3 is 14.8 Å². The summed E-state index contributed by atoms with van der Waals surface area (Å²) in [6.45, 7) is 2.70. The van der Waals surface area contributed by atoms with E-state index in [1.807, 2.05) is 0 Å². The lowest BCUT2D eigenvalue weighted by atomic mass is 9.89. The van der Waals surface area contributed by atoms with Crippen molar-refractivity contribution in [2.24, 2.45) is 17.3 Å². The van der Waals surface area contributed by atoms with E-state index in [0.29, 0.717) is 17.3 Å². The minimum Gasteiger partial charge on any atom is -0.468 e. The number of fused-ring (bicyclic) bond motifs is 3. The van der Waals surface area contributed by atoms with Gasteiger partial charge in [-0.3, -0.25) is 4.79 Å². The van der Waals surface area contributed by atoms with E-state index in [1.54, 1.807) is 0 Å². The summed E-state index contributed by atoms with van der Waals surface area (Å²) in [7, 11) is 1.47. The molecule has 5 heteroatoms. The third-order valence-electron chi connectivity index (χ3n) is 4.52. The van der Waals surface area contributed by atoms with Crippen molar-refractivity contribution in [3.8, 4) is 0 Å². The van der Waals surface area contributed by atoms with E-state index in [-0.39, 0.29) is 24.4 Å². The van der Waals surface area contributed by atoms with E-state index < -0.39 is 0 Å². The second-order valence-corrected chi connectivity index (χ2v) is 4.89. The van der Waals surface area contributed by atoms with Crippen LogP contribution in [0.2, 0.25) is 0 Å². The Bertz CT molecular complexity index is 291. The lowest BCUT2D eigenvalue weighted by molar-refractivity contribution is -0.143. The first kappa shape index (κ1) is 12.1. The van der Waals surface area contributed by atoms with Gasteiger partial charge in [-0.1, -0.05) is 0 Å². The molecule has 0 aromatic heterocycles. The first-order chi connectivity index (χ1) is 7.29. The van der Waals surface area contributed by atoms with Gasteiger partial charge >= 0.3 is 5.97 Å². The Balaban J connectivity index is 0.000000963. The monoisotopic (exact) mass is 247 g/mol. The summed E-state index contributed by atoms with van der Waals surface area (Å²) in [6, 6.07) is -0.0573. The molecule has 0 bridgehead atoms. The highest BCUT2D eigenvalue weighted by Gasteiger charge is 2.70. The summed E-state index contributed by atoms with van der Waals surface area (Å²) in [5.74, 6) is 1.10. The van der Waals surface area contributed by atoms with Gasteiger partial charge in [0.25, 0.3) is 0 Å². The van der Waals surface area contributed by atoms with E-state index >= 15 is 0 Å². The van der Waals surface area contributed by atoms with Gasteiger partial charge in [0.15, 0.2) is 0 Å². The van der Waals surface area contributed by atoms with Crippen molar-refractivity contribution in [1.82, 2.24) is 5.32 Å². The first-order valence-corrected chi connectivity index (χ1v) is 5.68. The van der Waals surface area contributed by atoms with Crippen LogP contribution in [0.5, 0.6) is 0 Å². The molecule has 92 valence electrons. The summed E-state index contributed by atoms with van der Waals surface area (Å²) in [4.78, 5) is 11.6. The normalized spacial score (nSPS) is 38.7. The molecule has 0 aromatic carbocycles. The number of nitrogens with one attached hydrogen (secondary N) is 1. The molecule has 1 saturated carbocycles. The molecular formula is C11H18ClNO3. The molecule has 1 aliphatic carbocycles. The summed E-state index contributed by atoms with van der Waals surface area (Å²) in [5.41, 5.74) is 0.405. The zero-order valence-corrected chi connectivity index (χ0v) is 10.2. The Morgan fingerprint density at radius 3 is 2.75 bits per heavy atom. The minimum absolute atomic E-state index is 0. The maximum absolute atomic E-state index is 11.6. The van der Waals surface area contributed by atoms with E-state index in [4.69, 9.17) is 9.47 Å². The molecule has 3 aliphatic rings. The number of rotatable bonds is 1. The van der Waals surface area contributed by atoms with Crippen molar-refractivity contribution in [2.75, 3.05) is 26.9 Å². The molecule has 3 rings (SSSR count). The standard InChI is InChI=1S/C11H17NO3.ClH/c1-14-10(13)9-8-7(6-12-9)11(8)2-4-15-5-3-11;/h7-9,12H,2-6H2,1H3;1H/t7-,8-,9-;/m0./s1. The topological polar surface area (TPSA) is 47.6 Å². The Labute approximate surface area is 101 Å². The number of methoxy groups -OCH3 is 1. The van der Waals surface area contributed by atoms with E-state index in [2.05, 4.69) is 5.32 Å². The molecule has 16 heavy (non-hydrogen) atoms. The average Bonchev–Trinajstić information content (AvgIpc) is 2.69. The number of halogens is 1. The van der Waals surface area contributed by atoms with Gasteiger partial charge in [-0.25, -0.2) is 0 Å². The molecule has 0 radical (unpaired) electrons. The zero-order valence-electron chi connectivity index (χ0n) is 9.40. The van der Waals surface area contributed by atoms with Crippen molar-refractivity contribution in [2.45, 2.75) is 18.9 Å². The Hall–Kier alpha value is -0.320. The highest BCUT2D eigenvalue weighted by atomic mass is 35.5. The lowest BCUT2D eigenvalue weighted by Crippen LogP contribution is -2.40. The van der Waals surface area contributed by atoms with Crippen molar-refractivity contribution >= 4 is 18.4 Å². The SMILES string of the molecule is COC(=O)[C@H]1NC[C@H]2[C@@H]1C21CCOCC1.Cl. The Kier molecular flexibility index (Phi) is 3.16. The third-order valence-corrected chi connectivity index (χ3v) is 4.52. The van der Waals surface area contributed by atoms with Crippen LogP contribution in [0.3, 0.4) is 0 Å². The largest absolute Gasteiger partial charge is 0.468 e. The second kappa shape index (κ2) is 4.17. The molecule has 0 unspecified atom stereocenters. The van der Waals surface area contributed by atoms with E-state index in [1.165, 1.54) is 7.11 Å². The predicted octanol–water partition coefficient (Wildman–Crippen LogP) is 0.596. The maximum atomic E-state index is 11.6. The fourth-order valence-electron chi connectivity index (χ4n) is 3.70. The fourth-order valence-corrected chi connectivity index (χ4v) is 3.70. The first-order valence-electron chi connectivity index (χ1n) is 5.68. The maximum Gasteiger partial charge on any atom is 0.323 e. The second-order valence-electron chi connectivity index (χ2n) is 4.89. The van der Waals surface area contributed by atoms with Crippen LogP contribution in [0.25, 0.3) is 0 Å². The molecule has 0 amide bonds. The van der Waals surface area contributed by atoms with Crippen molar-refractivity contribution < 1.29 is 14.3 Å². The molecule has 1 N–H and O–H groups in total. The quantitative estimate of drug-likeness (QED) is 0.690. The predicted molar refractivity (Wildman–Crippen MR) is 60.5 cm³/mol. The summed E-state index contributed by atoms with van der Waals surface area (Å²) in [5, 5.41) is 3.26. The van der Waals surface area contributed by atoms with Crippen LogP contribution >= 0.6 is 12.4 Å². The zero-order chi connectivity index (χ0) is 10.5. The van der Waals surface area contributed by atoms with Crippen LogP contribution in [0, 0.1) is 17.3 Å². The number of esters is 1. The molecule has 2 aliphatic heterocycles. The molecular weight excluding hydrogens is 230 g/mol. The summed E-state index contributed by atoms with van der Waals surface area (Å²) in [6.07, 6.45) is 2.25. The molecule has 3 fully saturated rings. The number of hydrogen-bond donors (Lipinski definition) is 1. The van der Waals surface area contributed by atoms with Gasteiger partial charge in [0, 0.05) is 13.2 Å². The number of ether oxygens (including phenoxy) is 2. The molecule has 2 heterocycles. The van der Waals surface area contributed by atoms with Crippen molar-refractivity contribution in [3.63, 3.8) is 0 Å². The van der Waals surface area contributed by atoms with E-state index in [9.17, 15) is 4.79 Å². The third kappa shape index (κ3) is 1.47. The average molecular weight is 248 g/mol. The number of carbonyl (C=O) groups is 1. The Morgan fingerprint density at radius 1 is 1.44 bits per heavy atom. The van der Waals surface area contributed by atoms with Crippen LogP contribution in [-0.2, 0) is 14.3 Å². The van der Waals surface area contributed by atoms with Crippen LogP contribution in [-0.4, -0.2) is 38.9 Å². The van der Waals surface area contributed by atoms with E-state index in [0.717, 1.165) is 32.6 Å². The number of carbonyl (C=O) groups excluding carboxylic acids is 1. The summed E-state index contributed by atoms with van der Waals surface area (Å²) >= 11 is 0. The Morgan fingerprint density at radius 2 is 2.12 bits per heavy atom. The number of hydrogen-bond acceptors (Lipinski definition) is 4. The molecule has 0 aromatic rings. The van der Waals surface area contributed by atoms with Gasteiger partial charge in [0.05, 0.1) is 7.11 Å². The van der Waals surface area contributed by atoms with Gasteiger partial charge in [-0.05, 0) is 36.6 Å². The molecule has 2 saturated heterocycles. The van der Waals surface area contributed by atoms with Crippen LogP contribution in [0.15, 0.2) is 0 Å². The van der Waals surface area contributed by atoms with Crippen molar-refractivity contribution in [1.29, 1.82) is 0 Å². The van der Waals surface area contributed by atoms with Gasteiger partial charge in [-0.2, -0.15) is 0 Å². The molecule has 3 atom stereocenters. The fraction of sp³-hybridized carbons (Fsp3) is 0.909. The molecule has 1 spiro atoms. The summed E-state index contributed by atoms with van der Waals surface area (Å²) < 4.78 is 10.2. The van der Waals surface area contributed by atoms with Crippen LogP contribution in [0.4, 0.5) is 0 Å². The van der Waals surface area contributed by atoms with Gasteiger partial charge in [0.2, 0.25) is 0 Å². The smallest absolute Gasteiger partial charge is 0.323 e. The molecule has 4 nitrogen and oxygen atoms in total. The van der Waals surface area contributed by atoms with Gasteiger partial charge in [0.1, 0.15) is 6.04 Å². The van der Waals surface area contributed by atoms with Crippen molar-refractivity contribution in [3.05, 3.63) is 0 Å². The van der Waals surface area contributed by atoms with Crippen LogP contribution in [0.1, 0.15) is 12.8 Å². The van der Waals surface area contributed by atoms with Crippen LogP contribution < -0.4 is 5.32 Å². The van der Waals surface area contributed by atoms with Gasteiger partial charge in [-0.15, -0.1) is 12.4 Å². The highest BCUT2D eigenvalue weighted by molar-refractivity contribution is 5.85. The number of piperidine rings is 1.